The number of carbonyl (C=O) groups is 1. The molecule has 0 bridgehead atoms. The molecule has 1 N–H and O–H groups in total. The van der Waals surface area contributed by atoms with Crippen molar-refractivity contribution < 1.29 is 4.79 Å². The fourth-order valence-corrected chi connectivity index (χ4v) is 3.82. The van der Waals surface area contributed by atoms with Gasteiger partial charge in [0.05, 0.1) is 0 Å². The third-order valence-electron chi connectivity index (χ3n) is 4.31. The first-order valence-corrected chi connectivity index (χ1v) is 9.04. The van der Waals surface area contributed by atoms with Crippen molar-refractivity contribution >= 4 is 29.3 Å². The summed E-state index contributed by atoms with van der Waals surface area (Å²) in [5, 5.41) is 4.29. The van der Waals surface area contributed by atoms with Crippen molar-refractivity contribution in [1.29, 1.82) is 0 Å². The molecule has 1 saturated carbocycles. The third kappa shape index (κ3) is 2.81. The van der Waals surface area contributed by atoms with Crippen LogP contribution in [0.15, 0.2) is 24.3 Å². The van der Waals surface area contributed by atoms with Gasteiger partial charge in [-0.1, -0.05) is 30.7 Å². The fourth-order valence-electron chi connectivity index (χ4n) is 2.95. The minimum atomic E-state index is -0.282. The van der Waals surface area contributed by atoms with Crippen molar-refractivity contribution in [2.45, 2.75) is 44.4 Å². The summed E-state index contributed by atoms with van der Waals surface area (Å²) in [5.74, 6) is 2.33. The maximum atomic E-state index is 12.8. The molecule has 1 heterocycles. The van der Waals surface area contributed by atoms with E-state index in [-0.39, 0.29) is 23.7 Å². The SMILES string of the molecule is CCSCC(C)N1C(=O)C2(CC2)NC1c1ccc(Cl)cc1. The van der Waals surface area contributed by atoms with E-state index >= 15 is 0 Å². The molecule has 1 aliphatic heterocycles. The van der Waals surface area contributed by atoms with Crippen molar-refractivity contribution in [3.05, 3.63) is 34.9 Å². The number of thioether (sulfide) groups is 1. The van der Waals surface area contributed by atoms with E-state index in [2.05, 4.69) is 19.2 Å². The molecule has 2 aliphatic rings. The Labute approximate surface area is 135 Å². The van der Waals surface area contributed by atoms with Crippen LogP contribution in [0.4, 0.5) is 0 Å². The zero-order valence-corrected chi connectivity index (χ0v) is 14.0. The van der Waals surface area contributed by atoms with E-state index in [0.717, 1.165) is 34.9 Å². The van der Waals surface area contributed by atoms with Crippen LogP contribution >= 0.6 is 23.4 Å². The van der Waals surface area contributed by atoms with Crippen LogP contribution in [0.2, 0.25) is 5.02 Å². The van der Waals surface area contributed by atoms with Gasteiger partial charge in [0.2, 0.25) is 5.91 Å². The lowest BCUT2D eigenvalue weighted by molar-refractivity contribution is -0.132. The van der Waals surface area contributed by atoms with Gasteiger partial charge in [-0.2, -0.15) is 11.8 Å². The van der Waals surface area contributed by atoms with Crippen LogP contribution in [0.25, 0.3) is 0 Å². The molecule has 21 heavy (non-hydrogen) atoms. The van der Waals surface area contributed by atoms with E-state index in [1.165, 1.54) is 0 Å². The summed E-state index contributed by atoms with van der Waals surface area (Å²) in [4.78, 5) is 14.8. The molecule has 1 aliphatic carbocycles. The Hall–Kier alpha value is -0.710. The first-order chi connectivity index (χ1) is 10.1. The lowest BCUT2D eigenvalue weighted by atomic mass is 10.1. The van der Waals surface area contributed by atoms with E-state index in [0.29, 0.717) is 0 Å². The Morgan fingerprint density at radius 2 is 2.10 bits per heavy atom. The van der Waals surface area contributed by atoms with Gasteiger partial charge in [-0.05, 0) is 43.2 Å². The highest BCUT2D eigenvalue weighted by molar-refractivity contribution is 7.99. The van der Waals surface area contributed by atoms with Crippen LogP contribution in [0, 0.1) is 0 Å². The number of nitrogens with one attached hydrogen (secondary N) is 1. The molecule has 2 atom stereocenters. The van der Waals surface area contributed by atoms with Crippen molar-refractivity contribution in [3.63, 3.8) is 0 Å². The van der Waals surface area contributed by atoms with Gasteiger partial charge in [-0.15, -0.1) is 0 Å². The molecule has 1 saturated heterocycles. The highest BCUT2D eigenvalue weighted by Crippen LogP contribution is 2.46. The average molecular weight is 325 g/mol. The van der Waals surface area contributed by atoms with Gasteiger partial charge in [-0.25, -0.2) is 0 Å². The number of halogens is 1. The average Bonchev–Trinajstić information content (AvgIpc) is 3.19. The summed E-state index contributed by atoms with van der Waals surface area (Å²) >= 11 is 7.86. The topological polar surface area (TPSA) is 32.3 Å². The molecule has 1 spiro atoms. The Bertz CT molecular complexity index is 530. The van der Waals surface area contributed by atoms with E-state index < -0.39 is 0 Å². The molecule has 5 heteroatoms. The van der Waals surface area contributed by atoms with Crippen molar-refractivity contribution in [2.24, 2.45) is 0 Å². The molecule has 1 aromatic carbocycles. The van der Waals surface area contributed by atoms with Crippen molar-refractivity contribution in [3.8, 4) is 0 Å². The molecular formula is C16H21ClN2OS. The van der Waals surface area contributed by atoms with Gasteiger partial charge >= 0.3 is 0 Å². The molecule has 2 unspecified atom stereocenters. The second-order valence-corrected chi connectivity index (χ2v) is 7.66. The number of rotatable bonds is 5. The van der Waals surface area contributed by atoms with Gasteiger partial charge in [0, 0.05) is 16.8 Å². The Morgan fingerprint density at radius 3 is 2.67 bits per heavy atom. The number of hydrogen-bond acceptors (Lipinski definition) is 3. The maximum absolute atomic E-state index is 12.8. The molecule has 1 amide bonds. The molecule has 0 radical (unpaired) electrons. The highest BCUT2D eigenvalue weighted by Gasteiger charge is 2.60. The lowest BCUT2D eigenvalue weighted by Gasteiger charge is -2.30. The Morgan fingerprint density at radius 1 is 1.43 bits per heavy atom. The van der Waals surface area contributed by atoms with E-state index in [9.17, 15) is 4.79 Å². The monoisotopic (exact) mass is 324 g/mol. The smallest absolute Gasteiger partial charge is 0.244 e. The van der Waals surface area contributed by atoms with E-state index in [4.69, 9.17) is 11.6 Å². The summed E-state index contributed by atoms with van der Waals surface area (Å²) in [7, 11) is 0. The van der Waals surface area contributed by atoms with E-state index in [1.807, 2.05) is 40.9 Å². The molecule has 114 valence electrons. The zero-order valence-electron chi connectivity index (χ0n) is 12.4. The van der Waals surface area contributed by atoms with Crippen molar-refractivity contribution in [2.75, 3.05) is 11.5 Å². The van der Waals surface area contributed by atoms with Gasteiger partial charge in [0.15, 0.2) is 0 Å². The summed E-state index contributed by atoms with van der Waals surface area (Å²) in [6, 6.07) is 8.05. The van der Waals surface area contributed by atoms with Gasteiger partial charge in [0.25, 0.3) is 0 Å². The van der Waals surface area contributed by atoms with E-state index in [1.54, 1.807) is 0 Å². The summed E-state index contributed by atoms with van der Waals surface area (Å²) < 4.78 is 0. The number of nitrogens with zero attached hydrogens (tertiary/aromatic N) is 1. The first-order valence-electron chi connectivity index (χ1n) is 7.51. The molecule has 3 rings (SSSR count). The van der Waals surface area contributed by atoms with Gasteiger partial charge < -0.3 is 4.90 Å². The second kappa shape index (κ2) is 5.82. The Kier molecular flexibility index (Phi) is 4.21. The normalized spacial score (nSPS) is 24.6. The van der Waals surface area contributed by atoms with Crippen LogP contribution in [0.1, 0.15) is 38.4 Å². The fraction of sp³-hybridized carbons (Fsp3) is 0.562. The molecular weight excluding hydrogens is 304 g/mol. The number of amides is 1. The Balaban J connectivity index is 1.85. The zero-order chi connectivity index (χ0) is 15.0. The van der Waals surface area contributed by atoms with Gasteiger partial charge in [0.1, 0.15) is 11.7 Å². The lowest BCUT2D eigenvalue weighted by Crippen LogP contribution is -2.40. The second-order valence-electron chi connectivity index (χ2n) is 5.90. The number of benzene rings is 1. The summed E-state index contributed by atoms with van der Waals surface area (Å²) in [5.41, 5.74) is 0.833. The predicted octanol–water partition coefficient (Wildman–Crippen LogP) is 3.44. The number of carbonyl (C=O) groups excluding carboxylic acids is 1. The first kappa shape index (κ1) is 15.2. The molecule has 0 aromatic heterocycles. The van der Waals surface area contributed by atoms with Crippen LogP contribution < -0.4 is 5.32 Å². The van der Waals surface area contributed by atoms with Crippen LogP contribution in [0.3, 0.4) is 0 Å². The largest absolute Gasteiger partial charge is 0.318 e. The maximum Gasteiger partial charge on any atom is 0.244 e. The third-order valence-corrected chi connectivity index (χ3v) is 5.69. The predicted molar refractivity (Wildman–Crippen MR) is 88.6 cm³/mol. The quantitative estimate of drug-likeness (QED) is 0.900. The molecule has 1 aromatic rings. The summed E-state index contributed by atoms with van der Waals surface area (Å²) in [6.45, 7) is 4.30. The summed E-state index contributed by atoms with van der Waals surface area (Å²) in [6.07, 6.45) is 1.89. The van der Waals surface area contributed by atoms with Crippen LogP contribution in [-0.4, -0.2) is 33.9 Å². The standard InChI is InChI=1S/C16H21ClN2OS/c1-3-21-10-11(2)19-14(12-4-6-13(17)7-5-12)18-16(8-9-16)15(19)20/h4-7,11,14,18H,3,8-10H2,1-2H3. The minimum absolute atomic E-state index is 0.0234. The highest BCUT2D eigenvalue weighted by atomic mass is 35.5. The van der Waals surface area contributed by atoms with Crippen molar-refractivity contribution in [1.82, 2.24) is 10.2 Å². The van der Waals surface area contributed by atoms with Crippen LogP contribution in [-0.2, 0) is 4.79 Å². The minimum Gasteiger partial charge on any atom is -0.318 e. The molecule has 3 nitrogen and oxygen atoms in total. The van der Waals surface area contributed by atoms with Crippen LogP contribution in [0.5, 0.6) is 0 Å². The number of hydrogen-bond donors (Lipinski definition) is 1. The molecule has 2 fully saturated rings. The van der Waals surface area contributed by atoms with Gasteiger partial charge in [-0.3, -0.25) is 10.1 Å².